The second-order valence-electron chi connectivity index (χ2n) is 7.66. The van der Waals surface area contributed by atoms with Gasteiger partial charge in [0.05, 0.1) is 29.2 Å². The van der Waals surface area contributed by atoms with Gasteiger partial charge in [-0.3, -0.25) is 4.79 Å². The molecule has 2 heterocycles. The lowest BCUT2D eigenvalue weighted by molar-refractivity contribution is 0.0941. The fourth-order valence-corrected chi connectivity index (χ4v) is 4.33. The van der Waals surface area contributed by atoms with Crippen LogP contribution in [-0.4, -0.2) is 41.2 Å². The zero-order chi connectivity index (χ0) is 19.7. The molecular formula is C22H26N4OS. The van der Waals surface area contributed by atoms with Gasteiger partial charge >= 0.3 is 0 Å². The molecule has 2 aromatic heterocycles. The van der Waals surface area contributed by atoms with Crippen LogP contribution < -0.4 is 5.32 Å². The third-order valence-corrected chi connectivity index (χ3v) is 6.07. The fourth-order valence-electron chi connectivity index (χ4n) is 3.62. The first kappa shape index (κ1) is 18.9. The third kappa shape index (κ3) is 3.75. The van der Waals surface area contributed by atoms with E-state index in [-0.39, 0.29) is 11.9 Å². The smallest absolute Gasteiger partial charge is 0.254 e. The van der Waals surface area contributed by atoms with E-state index in [1.807, 2.05) is 30.9 Å². The summed E-state index contributed by atoms with van der Waals surface area (Å²) >= 11 is 1.68. The predicted octanol–water partition coefficient (Wildman–Crippen LogP) is 4.15. The molecule has 0 aliphatic heterocycles. The quantitative estimate of drug-likeness (QED) is 0.655. The van der Waals surface area contributed by atoms with Crippen molar-refractivity contribution >= 4 is 17.2 Å². The molecule has 0 bridgehead atoms. The maximum atomic E-state index is 13.0. The molecule has 28 heavy (non-hydrogen) atoms. The normalized spacial score (nSPS) is 15.0. The van der Waals surface area contributed by atoms with Crippen molar-refractivity contribution in [2.24, 2.45) is 0 Å². The van der Waals surface area contributed by atoms with Gasteiger partial charge in [0.25, 0.3) is 5.91 Å². The Kier molecular flexibility index (Phi) is 5.33. The molecule has 1 atom stereocenters. The largest absolute Gasteiger partial charge is 0.350 e. The van der Waals surface area contributed by atoms with E-state index in [1.54, 1.807) is 17.5 Å². The monoisotopic (exact) mass is 394 g/mol. The highest BCUT2D eigenvalue weighted by atomic mass is 32.1. The molecule has 0 radical (unpaired) electrons. The number of carbonyl (C=O) groups excluding carboxylic acids is 1. The summed E-state index contributed by atoms with van der Waals surface area (Å²) in [5, 5.41) is 11.9. The van der Waals surface area contributed by atoms with E-state index >= 15 is 0 Å². The van der Waals surface area contributed by atoms with E-state index in [0.717, 1.165) is 29.8 Å². The van der Waals surface area contributed by atoms with Gasteiger partial charge in [0, 0.05) is 12.5 Å². The number of amides is 1. The molecule has 5 nitrogen and oxygen atoms in total. The summed E-state index contributed by atoms with van der Waals surface area (Å²) in [6, 6.07) is 10.5. The predicted molar refractivity (Wildman–Crippen MR) is 113 cm³/mol. The molecule has 3 aromatic rings. The lowest BCUT2D eigenvalue weighted by Gasteiger charge is -2.24. The Morgan fingerprint density at radius 3 is 2.75 bits per heavy atom. The molecule has 6 heteroatoms. The van der Waals surface area contributed by atoms with Crippen LogP contribution in [-0.2, 0) is 0 Å². The zero-order valence-electron chi connectivity index (χ0n) is 16.6. The Hall–Kier alpha value is -2.44. The number of thiophene rings is 1. The number of likely N-dealkylation sites (N-methyl/N-ethyl adjacent to an activating group) is 1. The van der Waals surface area contributed by atoms with E-state index in [2.05, 4.69) is 51.2 Å². The summed E-state index contributed by atoms with van der Waals surface area (Å²) in [4.78, 5) is 15.2. The summed E-state index contributed by atoms with van der Waals surface area (Å²) in [7, 11) is 4.08. The highest BCUT2D eigenvalue weighted by Crippen LogP contribution is 2.42. The second kappa shape index (κ2) is 7.89. The Balaban J connectivity index is 1.57. The zero-order valence-corrected chi connectivity index (χ0v) is 17.4. The summed E-state index contributed by atoms with van der Waals surface area (Å²) in [5.74, 6) is 0.383. The molecule has 1 fully saturated rings. The number of rotatable bonds is 7. The molecule has 1 N–H and O–H groups in total. The van der Waals surface area contributed by atoms with E-state index in [0.29, 0.717) is 18.0 Å². The highest BCUT2D eigenvalue weighted by Gasteiger charge is 2.33. The van der Waals surface area contributed by atoms with Crippen molar-refractivity contribution in [3.8, 4) is 5.69 Å². The van der Waals surface area contributed by atoms with Crippen molar-refractivity contribution in [3.63, 3.8) is 0 Å². The third-order valence-electron chi connectivity index (χ3n) is 5.37. The van der Waals surface area contributed by atoms with Gasteiger partial charge in [0.15, 0.2) is 0 Å². The minimum absolute atomic E-state index is 0.0381. The first-order valence-electron chi connectivity index (χ1n) is 9.67. The number of nitrogens with one attached hydrogen (secondary N) is 1. The minimum Gasteiger partial charge on any atom is -0.350 e. The first-order chi connectivity index (χ1) is 13.6. The number of aromatic nitrogens is 2. The molecule has 1 aliphatic rings. The van der Waals surface area contributed by atoms with Gasteiger partial charge in [0.2, 0.25) is 0 Å². The number of aryl methyl sites for hydroxylation is 1. The van der Waals surface area contributed by atoms with Gasteiger partial charge in [-0.2, -0.15) is 16.4 Å². The summed E-state index contributed by atoms with van der Waals surface area (Å²) in [5.41, 5.74) is 5.18. The Morgan fingerprint density at radius 2 is 2.11 bits per heavy atom. The highest BCUT2D eigenvalue weighted by molar-refractivity contribution is 7.07. The van der Waals surface area contributed by atoms with Crippen LogP contribution in [0.25, 0.3) is 5.69 Å². The van der Waals surface area contributed by atoms with Crippen LogP contribution >= 0.6 is 11.3 Å². The number of hydrogen-bond acceptors (Lipinski definition) is 4. The van der Waals surface area contributed by atoms with Crippen molar-refractivity contribution in [1.82, 2.24) is 20.0 Å². The number of para-hydroxylation sites is 1. The number of benzene rings is 1. The maximum absolute atomic E-state index is 13.0. The van der Waals surface area contributed by atoms with E-state index < -0.39 is 0 Å². The van der Waals surface area contributed by atoms with E-state index in [1.165, 1.54) is 5.56 Å². The van der Waals surface area contributed by atoms with Gasteiger partial charge in [-0.1, -0.05) is 18.2 Å². The average molecular weight is 395 g/mol. The molecular weight excluding hydrogens is 368 g/mol. The molecule has 146 valence electrons. The standard InChI is InChI=1S/C22H26N4OS/c1-15-6-4-5-7-19(15)26-21(16-8-9-16)18(12-24-26)22(27)23-13-20(25(2)3)17-10-11-28-14-17/h4-7,10-12,14,16,20H,8-9,13H2,1-3H3,(H,23,27). The molecule has 0 spiro atoms. The van der Waals surface area contributed by atoms with Crippen LogP contribution in [0.15, 0.2) is 47.3 Å². The van der Waals surface area contributed by atoms with E-state index in [4.69, 9.17) is 0 Å². The summed E-state index contributed by atoms with van der Waals surface area (Å²) in [6.07, 6.45) is 3.96. The molecule has 1 saturated carbocycles. The van der Waals surface area contributed by atoms with Gasteiger partial charge in [0.1, 0.15) is 0 Å². The Labute approximate surface area is 170 Å². The van der Waals surface area contributed by atoms with Crippen molar-refractivity contribution in [1.29, 1.82) is 0 Å². The molecule has 1 unspecified atom stereocenters. The van der Waals surface area contributed by atoms with E-state index in [9.17, 15) is 4.79 Å². The van der Waals surface area contributed by atoms with Crippen molar-refractivity contribution in [2.75, 3.05) is 20.6 Å². The number of nitrogens with zero attached hydrogens (tertiary/aromatic N) is 3. The lowest BCUT2D eigenvalue weighted by atomic mass is 10.1. The van der Waals surface area contributed by atoms with Crippen LogP contribution in [0.5, 0.6) is 0 Å². The first-order valence-corrected chi connectivity index (χ1v) is 10.6. The van der Waals surface area contributed by atoms with Crippen molar-refractivity contribution in [2.45, 2.75) is 31.7 Å². The van der Waals surface area contributed by atoms with Crippen molar-refractivity contribution in [3.05, 3.63) is 69.7 Å². The molecule has 1 aliphatic carbocycles. The van der Waals surface area contributed by atoms with Gasteiger partial charge in [-0.25, -0.2) is 4.68 Å². The number of hydrogen-bond donors (Lipinski definition) is 1. The average Bonchev–Trinajstić information content (AvgIpc) is 3.19. The molecule has 0 saturated heterocycles. The Morgan fingerprint density at radius 1 is 1.32 bits per heavy atom. The summed E-state index contributed by atoms with van der Waals surface area (Å²) < 4.78 is 1.96. The molecule has 1 aromatic carbocycles. The van der Waals surface area contributed by atoms with Crippen LogP contribution in [0.1, 0.15) is 52.0 Å². The van der Waals surface area contributed by atoms with Gasteiger partial charge in [-0.05, 0) is 67.9 Å². The Bertz CT molecular complexity index is 957. The topological polar surface area (TPSA) is 50.2 Å². The fraction of sp³-hybridized carbons (Fsp3) is 0.364. The van der Waals surface area contributed by atoms with Crippen molar-refractivity contribution < 1.29 is 4.79 Å². The van der Waals surface area contributed by atoms with Crippen LogP contribution in [0.2, 0.25) is 0 Å². The minimum atomic E-state index is -0.0381. The van der Waals surface area contributed by atoms with Crippen LogP contribution in [0, 0.1) is 6.92 Å². The van der Waals surface area contributed by atoms with Gasteiger partial charge in [-0.15, -0.1) is 0 Å². The molecule has 4 rings (SSSR count). The van der Waals surface area contributed by atoms with Crippen LogP contribution in [0.4, 0.5) is 0 Å². The van der Waals surface area contributed by atoms with Crippen LogP contribution in [0.3, 0.4) is 0 Å². The lowest BCUT2D eigenvalue weighted by Crippen LogP contribution is -2.34. The summed E-state index contributed by atoms with van der Waals surface area (Å²) in [6.45, 7) is 2.65. The second-order valence-corrected chi connectivity index (χ2v) is 8.44. The molecule has 1 amide bonds. The number of carbonyl (C=O) groups is 1. The SMILES string of the molecule is Cc1ccccc1-n1ncc(C(=O)NCC(c2ccsc2)N(C)C)c1C1CC1. The van der Waals surface area contributed by atoms with Gasteiger partial charge < -0.3 is 10.2 Å². The maximum Gasteiger partial charge on any atom is 0.254 e.